The fourth-order valence-electron chi connectivity index (χ4n) is 1.83. The first-order chi connectivity index (χ1) is 11.2. The monoisotopic (exact) mass is 440 g/mol. The topological polar surface area (TPSA) is 24.1 Å². The van der Waals surface area contributed by atoms with Crippen LogP contribution in [0.1, 0.15) is 11.1 Å². The maximum absolute atomic E-state index is 13.1. The summed E-state index contributed by atoms with van der Waals surface area (Å²) in [6, 6.07) is 7.86. The summed E-state index contributed by atoms with van der Waals surface area (Å²) in [5.41, 5.74) is -0.0385. The molecule has 0 radical (unpaired) electrons. The average molecular weight is 442 g/mol. The van der Waals surface area contributed by atoms with Gasteiger partial charge in [0, 0.05) is 12.2 Å². The van der Waals surface area contributed by atoms with Gasteiger partial charge in [-0.05, 0) is 64.0 Å². The lowest BCUT2D eigenvalue weighted by molar-refractivity contribution is -0.137. The standard InChI is InChI=1S/C15H10BrClF4N2S/c16-11-5-8(1-4-13(11)18)7-22-14(24)23-9-2-3-12(17)10(6-9)15(19,20)21/h1-6H,7H2,(H2,22,23,24). The second-order valence-electron chi connectivity index (χ2n) is 4.75. The zero-order valence-electron chi connectivity index (χ0n) is 11.8. The molecule has 2 N–H and O–H groups in total. The second-order valence-corrected chi connectivity index (χ2v) is 6.42. The first-order valence-corrected chi connectivity index (χ1v) is 8.10. The number of nitrogens with one attached hydrogen (secondary N) is 2. The summed E-state index contributed by atoms with van der Waals surface area (Å²) in [5.74, 6) is -0.389. The molecule has 0 saturated carbocycles. The molecule has 0 aliphatic carbocycles. The summed E-state index contributed by atoms with van der Waals surface area (Å²) in [6.07, 6.45) is -4.55. The number of thiocarbonyl (C=S) groups is 1. The van der Waals surface area contributed by atoms with E-state index in [1.807, 2.05) is 0 Å². The van der Waals surface area contributed by atoms with Gasteiger partial charge in [0.2, 0.25) is 0 Å². The van der Waals surface area contributed by atoms with Gasteiger partial charge < -0.3 is 10.6 Å². The van der Waals surface area contributed by atoms with Gasteiger partial charge in [-0.15, -0.1) is 0 Å². The van der Waals surface area contributed by atoms with Crippen LogP contribution in [0.3, 0.4) is 0 Å². The van der Waals surface area contributed by atoms with E-state index in [2.05, 4.69) is 26.6 Å². The average Bonchev–Trinajstić information content (AvgIpc) is 2.49. The smallest absolute Gasteiger partial charge is 0.358 e. The lowest BCUT2D eigenvalue weighted by Gasteiger charge is -2.14. The van der Waals surface area contributed by atoms with Crippen LogP contribution in [-0.4, -0.2) is 5.11 Å². The van der Waals surface area contributed by atoms with Crippen LogP contribution in [0.15, 0.2) is 40.9 Å². The molecule has 128 valence electrons. The van der Waals surface area contributed by atoms with Crippen molar-refractivity contribution in [2.75, 3.05) is 5.32 Å². The molecule has 2 aromatic carbocycles. The normalized spacial score (nSPS) is 11.2. The van der Waals surface area contributed by atoms with Crippen molar-refractivity contribution >= 4 is 50.5 Å². The Hall–Kier alpha value is -1.38. The van der Waals surface area contributed by atoms with E-state index >= 15 is 0 Å². The van der Waals surface area contributed by atoms with Gasteiger partial charge >= 0.3 is 6.18 Å². The zero-order valence-corrected chi connectivity index (χ0v) is 15.0. The number of rotatable bonds is 3. The molecule has 0 heterocycles. The third-order valence-corrected chi connectivity index (χ3v) is 4.15. The Morgan fingerprint density at radius 1 is 1.17 bits per heavy atom. The van der Waals surface area contributed by atoms with E-state index in [1.54, 1.807) is 12.1 Å². The third-order valence-electron chi connectivity index (χ3n) is 2.97. The van der Waals surface area contributed by atoms with Gasteiger partial charge in [0.25, 0.3) is 0 Å². The van der Waals surface area contributed by atoms with E-state index in [9.17, 15) is 17.6 Å². The van der Waals surface area contributed by atoms with E-state index < -0.39 is 11.7 Å². The summed E-state index contributed by atoms with van der Waals surface area (Å²) >= 11 is 13.7. The van der Waals surface area contributed by atoms with Gasteiger partial charge in [-0.1, -0.05) is 17.7 Å². The largest absolute Gasteiger partial charge is 0.417 e. The number of alkyl halides is 3. The lowest BCUT2D eigenvalue weighted by Crippen LogP contribution is -2.28. The molecule has 0 aliphatic heterocycles. The highest BCUT2D eigenvalue weighted by Crippen LogP contribution is 2.36. The molecule has 2 rings (SSSR count). The highest BCUT2D eigenvalue weighted by atomic mass is 79.9. The summed E-state index contributed by atoms with van der Waals surface area (Å²) in [6.45, 7) is 0.282. The number of benzene rings is 2. The van der Waals surface area contributed by atoms with Crippen molar-refractivity contribution < 1.29 is 17.6 Å². The van der Waals surface area contributed by atoms with Crippen LogP contribution < -0.4 is 10.6 Å². The Balaban J connectivity index is 2.01. The van der Waals surface area contributed by atoms with Crippen LogP contribution in [0.2, 0.25) is 5.02 Å². The second kappa shape index (κ2) is 7.67. The molecular formula is C15H10BrClF4N2S. The maximum atomic E-state index is 13.1. The van der Waals surface area contributed by atoms with E-state index in [-0.39, 0.29) is 28.2 Å². The fourth-order valence-corrected chi connectivity index (χ4v) is 2.67. The van der Waals surface area contributed by atoms with Gasteiger partial charge in [-0.3, -0.25) is 0 Å². The highest BCUT2D eigenvalue weighted by molar-refractivity contribution is 9.10. The van der Waals surface area contributed by atoms with E-state index in [4.69, 9.17) is 23.8 Å². The Kier molecular flexibility index (Phi) is 6.06. The molecule has 0 saturated heterocycles. The Bertz CT molecular complexity index is 768. The molecular weight excluding hydrogens is 432 g/mol. The van der Waals surface area contributed by atoms with Crippen LogP contribution >= 0.6 is 39.7 Å². The van der Waals surface area contributed by atoms with Gasteiger partial charge in [-0.2, -0.15) is 13.2 Å². The molecule has 2 aromatic rings. The minimum Gasteiger partial charge on any atom is -0.358 e. The van der Waals surface area contributed by atoms with Crippen molar-refractivity contribution in [3.8, 4) is 0 Å². The van der Waals surface area contributed by atoms with E-state index in [0.29, 0.717) is 4.47 Å². The van der Waals surface area contributed by atoms with Crippen LogP contribution in [-0.2, 0) is 12.7 Å². The summed E-state index contributed by atoms with van der Waals surface area (Å²) in [4.78, 5) is 0. The SMILES string of the molecule is Fc1ccc(CNC(=S)Nc2ccc(Cl)c(C(F)(F)F)c2)cc1Br. The molecule has 0 unspecified atom stereocenters. The van der Waals surface area contributed by atoms with Crippen molar-refractivity contribution in [1.29, 1.82) is 0 Å². The molecule has 2 nitrogen and oxygen atoms in total. The number of halogens is 6. The Morgan fingerprint density at radius 3 is 2.50 bits per heavy atom. The van der Waals surface area contributed by atoms with Gasteiger partial charge in [0.1, 0.15) is 5.82 Å². The van der Waals surface area contributed by atoms with Crippen LogP contribution in [0, 0.1) is 5.82 Å². The molecule has 0 amide bonds. The van der Waals surface area contributed by atoms with Crippen molar-refractivity contribution in [3.63, 3.8) is 0 Å². The van der Waals surface area contributed by atoms with Crippen molar-refractivity contribution in [1.82, 2.24) is 5.32 Å². The third kappa shape index (κ3) is 5.06. The molecule has 24 heavy (non-hydrogen) atoms. The Morgan fingerprint density at radius 2 is 1.88 bits per heavy atom. The molecule has 0 fully saturated rings. The highest BCUT2D eigenvalue weighted by Gasteiger charge is 2.33. The van der Waals surface area contributed by atoms with Crippen molar-refractivity contribution in [2.24, 2.45) is 0 Å². The summed E-state index contributed by atoms with van der Waals surface area (Å²) in [5, 5.41) is 5.23. The predicted molar refractivity (Wildman–Crippen MR) is 93.6 cm³/mol. The minimum atomic E-state index is -4.55. The molecule has 0 aliphatic rings. The van der Waals surface area contributed by atoms with Crippen LogP contribution in [0.4, 0.5) is 23.2 Å². The molecule has 0 aromatic heterocycles. The minimum absolute atomic E-state index is 0.130. The molecule has 0 spiro atoms. The van der Waals surface area contributed by atoms with Crippen molar-refractivity contribution in [2.45, 2.75) is 12.7 Å². The van der Waals surface area contributed by atoms with Gasteiger partial charge in [0.15, 0.2) is 5.11 Å². The lowest BCUT2D eigenvalue weighted by atomic mass is 10.2. The summed E-state index contributed by atoms with van der Waals surface area (Å²) in [7, 11) is 0. The molecule has 0 atom stereocenters. The van der Waals surface area contributed by atoms with Crippen LogP contribution in [0.25, 0.3) is 0 Å². The van der Waals surface area contributed by atoms with E-state index in [0.717, 1.165) is 17.7 Å². The van der Waals surface area contributed by atoms with Gasteiger partial charge in [-0.25, -0.2) is 4.39 Å². The van der Waals surface area contributed by atoms with Gasteiger partial charge in [0.05, 0.1) is 15.1 Å². The van der Waals surface area contributed by atoms with Crippen molar-refractivity contribution in [3.05, 3.63) is 62.8 Å². The number of anilines is 1. The first-order valence-electron chi connectivity index (χ1n) is 6.52. The fraction of sp³-hybridized carbons (Fsp3) is 0.133. The zero-order chi connectivity index (χ0) is 17.9. The van der Waals surface area contributed by atoms with E-state index in [1.165, 1.54) is 12.1 Å². The summed E-state index contributed by atoms with van der Waals surface area (Å²) < 4.78 is 51.9. The Labute approximate surface area is 154 Å². The maximum Gasteiger partial charge on any atom is 0.417 e. The van der Waals surface area contributed by atoms with Crippen LogP contribution in [0.5, 0.6) is 0 Å². The predicted octanol–water partition coefficient (Wildman–Crippen LogP) is 5.75. The molecule has 9 heteroatoms. The molecule has 0 bridgehead atoms. The quantitative estimate of drug-likeness (QED) is 0.469. The number of hydrogen-bond acceptors (Lipinski definition) is 1. The first kappa shape index (κ1) is 19.0. The number of hydrogen-bond donors (Lipinski definition) is 2.